The molecular formula is C15H22ClNO2. The van der Waals surface area contributed by atoms with E-state index in [2.05, 4.69) is 12.2 Å². The summed E-state index contributed by atoms with van der Waals surface area (Å²) in [6.45, 7) is 4.06. The second kappa shape index (κ2) is 8.18. The van der Waals surface area contributed by atoms with Gasteiger partial charge < -0.3 is 10.4 Å². The van der Waals surface area contributed by atoms with Crippen molar-refractivity contribution in [1.29, 1.82) is 0 Å². The number of halogens is 1. The number of hydrogen-bond acceptors (Lipinski definition) is 2. The van der Waals surface area contributed by atoms with Crippen LogP contribution >= 0.6 is 11.6 Å². The fourth-order valence-corrected chi connectivity index (χ4v) is 2.14. The molecule has 3 nitrogen and oxygen atoms in total. The normalized spacial score (nSPS) is 13.9. The molecule has 0 saturated carbocycles. The number of nitrogens with one attached hydrogen (secondary N) is 1. The Labute approximate surface area is 120 Å². The SMILES string of the molecule is CC(CC(=O)NC(C)CCO)Cc1ccc(Cl)cc1. The topological polar surface area (TPSA) is 49.3 Å². The third kappa shape index (κ3) is 6.60. The van der Waals surface area contributed by atoms with Crippen molar-refractivity contribution in [2.24, 2.45) is 5.92 Å². The number of carbonyl (C=O) groups excluding carboxylic acids is 1. The van der Waals surface area contributed by atoms with E-state index in [-0.39, 0.29) is 24.5 Å². The van der Waals surface area contributed by atoms with Gasteiger partial charge in [0.2, 0.25) is 5.91 Å². The lowest BCUT2D eigenvalue weighted by Gasteiger charge is -2.15. The van der Waals surface area contributed by atoms with Gasteiger partial charge in [0.05, 0.1) is 0 Å². The lowest BCUT2D eigenvalue weighted by Crippen LogP contribution is -2.34. The zero-order valence-electron chi connectivity index (χ0n) is 11.5. The highest BCUT2D eigenvalue weighted by atomic mass is 35.5. The first-order valence-electron chi connectivity index (χ1n) is 6.66. The van der Waals surface area contributed by atoms with E-state index in [1.807, 2.05) is 31.2 Å². The molecule has 0 aliphatic heterocycles. The Morgan fingerprint density at radius 3 is 2.53 bits per heavy atom. The van der Waals surface area contributed by atoms with E-state index < -0.39 is 0 Å². The molecule has 0 saturated heterocycles. The zero-order chi connectivity index (χ0) is 14.3. The third-order valence-corrected chi connectivity index (χ3v) is 3.25. The molecule has 1 aromatic carbocycles. The molecule has 0 heterocycles. The lowest BCUT2D eigenvalue weighted by atomic mass is 9.97. The van der Waals surface area contributed by atoms with E-state index in [1.54, 1.807) is 0 Å². The van der Waals surface area contributed by atoms with Crippen LogP contribution in [0.4, 0.5) is 0 Å². The molecule has 1 aromatic rings. The van der Waals surface area contributed by atoms with E-state index in [0.29, 0.717) is 12.8 Å². The van der Waals surface area contributed by atoms with Gasteiger partial charge in [-0.25, -0.2) is 0 Å². The van der Waals surface area contributed by atoms with E-state index in [4.69, 9.17) is 16.7 Å². The minimum absolute atomic E-state index is 0.0280. The molecule has 106 valence electrons. The highest BCUT2D eigenvalue weighted by molar-refractivity contribution is 6.30. The molecule has 4 heteroatoms. The van der Waals surface area contributed by atoms with Crippen molar-refractivity contribution in [3.8, 4) is 0 Å². The number of carbonyl (C=O) groups is 1. The summed E-state index contributed by atoms with van der Waals surface area (Å²) < 4.78 is 0. The number of aliphatic hydroxyl groups excluding tert-OH is 1. The standard InChI is InChI=1S/C15H22ClNO2/c1-11(9-13-3-5-14(16)6-4-13)10-15(19)17-12(2)7-8-18/h3-6,11-12,18H,7-10H2,1-2H3,(H,17,19). The van der Waals surface area contributed by atoms with Crippen LogP contribution in [-0.2, 0) is 11.2 Å². The molecule has 0 fully saturated rings. The van der Waals surface area contributed by atoms with Gasteiger partial charge in [0.1, 0.15) is 0 Å². The van der Waals surface area contributed by atoms with Crippen LogP contribution in [0.2, 0.25) is 5.02 Å². The molecule has 2 N–H and O–H groups in total. The van der Waals surface area contributed by atoms with Crippen molar-refractivity contribution < 1.29 is 9.90 Å². The molecule has 0 aromatic heterocycles. The molecular weight excluding hydrogens is 262 g/mol. The number of amides is 1. The fraction of sp³-hybridized carbons (Fsp3) is 0.533. The average Bonchev–Trinajstić information content (AvgIpc) is 2.32. The summed E-state index contributed by atoms with van der Waals surface area (Å²) >= 11 is 5.83. The smallest absolute Gasteiger partial charge is 0.220 e. The Morgan fingerprint density at radius 1 is 1.32 bits per heavy atom. The van der Waals surface area contributed by atoms with Crippen LogP contribution in [0.15, 0.2) is 24.3 Å². The summed E-state index contributed by atoms with van der Waals surface area (Å²) in [6.07, 6.45) is 1.95. The van der Waals surface area contributed by atoms with Crippen LogP contribution in [0.1, 0.15) is 32.3 Å². The van der Waals surface area contributed by atoms with Gasteiger partial charge in [-0.1, -0.05) is 30.7 Å². The maximum atomic E-state index is 11.8. The summed E-state index contributed by atoms with van der Waals surface area (Å²) in [7, 11) is 0. The first kappa shape index (κ1) is 16.0. The number of benzene rings is 1. The maximum absolute atomic E-state index is 11.8. The van der Waals surface area contributed by atoms with Crippen molar-refractivity contribution in [3.63, 3.8) is 0 Å². The molecule has 0 spiro atoms. The molecule has 0 aliphatic rings. The van der Waals surface area contributed by atoms with Crippen LogP contribution in [0.3, 0.4) is 0 Å². The van der Waals surface area contributed by atoms with Crippen LogP contribution in [-0.4, -0.2) is 23.7 Å². The summed E-state index contributed by atoms with van der Waals surface area (Å²) in [4.78, 5) is 11.8. The van der Waals surface area contributed by atoms with Crippen LogP contribution in [0, 0.1) is 5.92 Å². The minimum atomic E-state index is 0.0280. The van der Waals surface area contributed by atoms with E-state index in [0.717, 1.165) is 11.4 Å². The monoisotopic (exact) mass is 283 g/mol. The highest BCUT2D eigenvalue weighted by Gasteiger charge is 2.12. The molecule has 2 unspecified atom stereocenters. The Bertz CT molecular complexity index is 392. The fourth-order valence-electron chi connectivity index (χ4n) is 2.01. The van der Waals surface area contributed by atoms with E-state index in [1.165, 1.54) is 5.56 Å². The van der Waals surface area contributed by atoms with Crippen molar-refractivity contribution in [3.05, 3.63) is 34.9 Å². The molecule has 0 bridgehead atoms. The van der Waals surface area contributed by atoms with Gasteiger partial charge in [0, 0.05) is 24.1 Å². The van der Waals surface area contributed by atoms with Crippen LogP contribution in [0.25, 0.3) is 0 Å². The molecule has 19 heavy (non-hydrogen) atoms. The maximum Gasteiger partial charge on any atom is 0.220 e. The quantitative estimate of drug-likeness (QED) is 0.808. The van der Waals surface area contributed by atoms with Gasteiger partial charge >= 0.3 is 0 Å². The molecule has 0 aliphatic carbocycles. The molecule has 1 amide bonds. The second-order valence-corrected chi connectivity index (χ2v) is 5.56. The second-order valence-electron chi connectivity index (χ2n) is 5.12. The van der Waals surface area contributed by atoms with Crippen molar-refractivity contribution in [2.75, 3.05) is 6.61 Å². The predicted molar refractivity (Wildman–Crippen MR) is 78.2 cm³/mol. The van der Waals surface area contributed by atoms with Gasteiger partial charge in [0.25, 0.3) is 0 Å². The zero-order valence-corrected chi connectivity index (χ0v) is 12.3. The highest BCUT2D eigenvalue weighted by Crippen LogP contribution is 2.15. The minimum Gasteiger partial charge on any atom is -0.396 e. The third-order valence-electron chi connectivity index (χ3n) is 3.00. The Morgan fingerprint density at radius 2 is 1.95 bits per heavy atom. The number of rotatable bonds is 7. The predicted octanol–water partition coefficient (Wildman–Crippen LogP) is 2.80. The first-order chi connectivity index (χ1) is 9.01. The van der Waals surface area contributed by atoms with Gasteiger partial charge in [0.15, 0.2) is 0 Å². The summed E-state index contributed by atoms with van der Waals surface area (Å²) in [5.41, 5.74) is 1.19. The largest absolute Gasteiger partial charge is 0.396 e. The summed E-state index contributed by atoms with van der Waals surface area (Å²) in [5, 5.41) is 12.4. The Balaban J connectivity index is 2.36. The molecule has 2 atom stereocenters. The average molecular weight is 284 g/mol. The van der Waals surface area contributed by atoms with Gasteiger partial charge in [-0.15, -0.1) is 0 Å². The van der Waals surface area contributed by atoms with Crippen LogP contribution in [0.5, 0.6) is 0 Å². The van der Waals surface area contributed by atoms with Gasteiger partial charge in [-0.3, -0.25) is 4.79 Å². The lowest BCUT2D eigenvalue weighted by molar-refractivity contribution is -0.122. The summed E-state index contributed by atoms with van der Waals surface area (Å²) in [6, 6.07) is 7.75. The van der Waals surface area contributed by atoms with Gasteiger partial charge in [-0.2, -0.15) is 0 Å². The molecule has 1 rings (SSSR count). The number of aliphatic hydroxyl groups is 1. The van der Waals surface area contributed by atoms with Crippen molar-refractivity contribution >= 4 is 17.5 Å². The Kier molecular flexibility index (Phi) is 6.89. The van der Waals surface area contributed by atoms with Gasteiger partial charge in [-0.05, 0) is 43.4 Å². The first-order valence-corrected chi connectivity index (χ1v) is 7.03. The van der Waals surface area contributed by atoms with Crippen LogP contribution < -0.4 is 5.32 Å². The Hall–Kier alpha value is -1.06. The summed E-state index contributed by atoms with van der Waals surface area (Å²) in [5.74, 6) is 0.324. The van der Waals surface area contributed by atoms with E-state index in [9.17, 15) is 4.79 Å². The van der Waals surface area contributed by atoms with E-state index >= 15 is 0 Å². The van der Waals surface area contributed by atoms with Crippen molar-refractivity contribution in [1.82, 2.24) is 5.32 Å². The number of hydrogen-bond donors (Lipinski definition) is 2. The molecule has 0 radical (unpaired) electrons. The van der Waals surface area contributed by atoms with Crippen molar-refractivity contribution in [2.45, 2.75) is 39.2 Å².